The first kappa shape index (κ1) is 11.2. The monoisotopic (exact) mass is 289 g/mol. The van der Waals surface area contributed by atoms with Gasteiger partial charge in [0.25, 0.3) is 0 Å². The maximum absolute atomic E-state index is 6.07. The number of nitrogens with one attached hydrogen (secondary N) is 1. The Labute approximate surface area is 103 Å². The van der Waals surface area contributed by atoms with Crippen molar-refractivity contribution in [3.63, 3.8) is 0 Å². The Balaban J connectivity index is 2.03. The first-order valence-electron chi connectivity index (χ1n) is 5.08. The van der Waals surface area contributed by atoms with E-state index in [-0.39, 0.29) is 0 Å². The van der Waals surface area contributed by atoms with E-state index in [1.807, 2.05) is 6.07 Å². The first-order chi connectivity index (χ1) is 7.25. The van der Waals surface area contributed by atoms with E-state index in [1.165, 1.54) is 19.3 Å². The third-order valence-corrected chi connectivity index (χ3v) is 3.15. The Kier molecular flexibility index (Phi) is 3.83. The lowest BCUT2D eigenvalue weighted by atomic mass is 10.2. The van der Waals surface area contributed by atoms with Crippen LogP contribution in [-0.2, 0) is 0 Å². The van der Waals surface area contributed by atoms with Crippen LogP contribution in [0.15, 0.2) is 16.7 Å². The van der Waals surface area contributed by atoms with Crippen molar-refractivity contribution in [1.82, 2.24) is 9.99 Å². The molecule has 2 rings (SSSR count). The van der Waals surface area contributed by atoms with Crippen LogP contribution in [0.4, 0.5) is 5.82 Å². The van der Waals surface area contributed by atoms with Gasteiger partial charge in [-0.3, -0.25) is 0 Å². The molecule has 1 aliphatic heterocycles. The lowest BCUT2D eigenvalue weighted by Crippen LogP contribution is -2.35. The summed E-state index contributed by atoms with van der Waals surface area (Å²) >= 11 is 9.40. The Morgan fingerprint density at radius 2 is 2.07 bits per heavy atom. The zero-order chi connectivity index (χ0) is 10.7. The third kappa shape index (κ3) is 3.06. The van der Waals surface area contributed by atoms with Crippen molar-refractivity contribution in [2.75, 3.05) is 18.5 Å². The molecule has 1 N–H and O–H groups in total. The summed E-state index contributed by atoms with van der Waals surface area (Å²) in [5.74, 6) is 0.738. The molecule has 0 spiro atoms. The van der Waals surface area contributed by atoms with Crippen LogP contribution in [0.2, 0.25) is 5.02 Å². The Morgan fingerprint density at radius 3 is 2.73 bits per heavy atom. The highest BCUT2D eigenvalue weighted by atomic mass is 79.9. The van der Waals surface area contributed by atoms with Crippen LogP contribution in [0.3, 0.4) is 0 Å². The normalized spacial score (nSPS) is 17.7. The minimum atomic E-state index is 0.648. The zero-order valence-electron chi connectivity index (χ0n) is 8.34. The number of hydrazine groups is 1. The van der Waals surface area contributed by atoms with Crippen molar-refractivity contribution in [3.05, 3.63) is 21.8 Å². The van der Waals surface area contributed by atoms with Gasteiger partial charge in [0.2, 0.25) is 0 Å². The molecule has 15 heavy (non-hydrogen) atoms. The molecule has 0 atom stereocenters. The SMILES string of the molecule is Clc1cc(Br)cnc1NN1CCCCC1. The van der Waals surface area contributed by atoms with Crippen LogP contribution in [0, 0.1) is 0 Å². The van der Waals surface area contributed by atoms with Gasteiger partial charge in [-0.15, -0.1) is 0 Å². The lowest BCUT2D eigenvalue weighted by Gasteiger charge is -2.27. The van der Waals surface area contributed by atoms with Gasteiger partial charge in [0, 0.05) is 23.8 Å². The molecule has 0 aliphatic carbocycles. The van der Waals surface area contributed by atoms with Gasteiger partial charge in [0.15, 0.2) is 5.82 Å². The van der Waals surface area contributed by atoms with E-state index in [4.69, 9.17) is 11.6 Å². The van der Waals surface area contributed by atoms with Gasteiger partial charge in [0.05, 0.1) is 5.02 Å². The highest BCUT2D eigenvalue weighted by molar-refractivity contribution is 9.10. The molecule has 82 valence electrons. The van der Waals surface area contributed by atoms with Gasteiger partial charge in [0.1, 0.15) is 0 Å². The van der Waals surface area contributed by atoms with E-state index in [0.717, 1.165) is 23.4 Å². The summed E-state index contributed by atoms with van der Waals surface area (Å²) in [6, 6.07) is 1.85. The van der Waals surface area contributed by atoms with Crippen molar-refractivity contribution in [2.45, 2.75) is 19.3 Å². The number of hydrogen-bond donors (Lipinski definition) is 1. The van der Waals surface area contributed by atoms with E-state index in [1.54, 1.807) is 6.20 Å². The molecule has 0 saturated carbocycles. The third-order valence-electron chi connectivity index (χ3n) is 2.43. The molecule has 2 heterocycles. The second-order valence-corrected chi connectivity index (χ2v) is 4.97. The number of hydrogen-bond acceptors (Lipinski definition) is 3. The van der Waals surface area contributed by atoms with Crippen LogP contribution >= 0.6 is 27.5 Å². The van der Waals surface area contributed by atoms with Gasteiger partial charge in [-0.2, -0.15) is 0 Å². The molecule has 0 aromatic carbocycles. The molecule has 1 aliphatic rings. The standard InChI is InChI=1S/C10H13BrClN3/c11-8-6-9(12)10(13-7-8)14-15-4-2-1-3-5-15/h6-7H,1-5H2,(H,13,14). The smallest absolute Gasteiger partial charge is 0.159 e. The van der Waals surface area contributed by atoms with Gasteiger partial charge in [-0.1, -0.05) is 18.0 Å². The summed E-state index contributed by atoms with van der Waals surface area (Å²) in [7, 11) is 0. The number of piperidine rings is 1. The Bertz CT molecular complexity index is 339. The summed E-state index contributed by atoms with van der Waals surface area (Å²) in [5, 5.41) is 2.82. The predicted molar refractivity (Wildman–Crippen MR) is 66.0 cm³/mol. The van der Waals surface area contributed by atoms with E-state index in [0.29, 0.717) is 5.02 Å². The maximum Gasteiger partial charge on any atom is 0.159 e. The highest BCUT2D eigenvalue weighted by Crippen LogP contribution is 2.23. The van der Waals surface area contributed by atoms with Crippen molar-refractivity contribution >= 4 is 33.3 Å². The number of rotatable bonds is 2. The summed E-state index contributed by atoms with van der Waals surface area (Å²) in [6.45, 7) is 2.13. The molecule has 1 aromatic rings. The molecule has 1 saturated heterocycles. The number of halogens is 2. The molecule has 1 aromatic heterocycles. The minimum Gasteiger partial charge on any atom is -0.302 e. The van der Waals surface area contributed by atoms with Gasteiger partial charge in [-0.25, -0.2) is 9.99 Å². The molecule has 3 nitrogen and oxygen atoms in total. The van der Waals surface area contributed by atoms with Crippen molar-refractivity contribution in [3.8, 4) is 0 Å². The summed E-state index contributed by atoms with van der Waals surface area (Å²) < 4.78 is 0.900. The van der Waals surface area contributed by atoms with Crippen molar-refractivity contribution in [2.24, 2.45) is 0 Å². The van der Waals surface area contributed by atoms with Crippen molar-refractivity contribution < 1.29 is 0 Å². The molecule has 0 amide bonds. The quantitative estimate of drug-likeness (QED) is 0.906. The van der Waals surface area contributed by atoms with E-state index in [9.17, 15) is 0 Å². The van der Waals surface area contributed by atoms with Crippen LogP contribution in [0.25, 0.3) is 0 Å². The second-order valence-electron chi connectivity index (χ2n) is 3.64. The fourth-order valence-electron chi connectivity index (χ4n) is 1.65. The van der Waals surface area contributed by atoms with Gasteiger partial charge in [-0.05, 0) is 34.8 Å². The number of aromatic nitrogens is 1. The summed E-state index contributed by atoms with van der Waals surface area (Å²) in [5.41, 5.74) is 3.25. The summed E-state index contributed by atoms with van der Waals surface area (Å²) in [6.07, 6.45) is 5.54. The minimum absolute atomic E-state index is 0.648. The van der Waals surface area contributed by atoms with Crippen LogP contribution < -0.4 is 5.43 Å². The largest absolute Gasteiger partial charge is 0.302 e. The number of anilines is 1. The fourth-order valence-corrected chi connectivity index (χ4v) is 2.32. The Hall–Kier alpha value is -0.320. The maximum atomic E-state index is 6.07. The molecular formula is C10H13BrClN3. The molecule has 1 fully saturated rings. The molecule has 0 bridgehead atoms. The number of pyridine rings is 1. The fraction of sp³-hybridized carbons (Fsp3) is 0.500. The Morgan fingerprint density at radius 1 is 1.33 bits per heavy atom. The lowest BCUT2D eigenvalue weighted by molar-refractivity contribution is 0.272. The van der Waals surface area contributed by atoms with E-state index >= 15 is 0 Å². The van der Waals surface area contributed by atoms with Gasteiger partial charge >= 0.3 is 0 Å². The highest BCUT2D eigenvalue weighted by Gasteiger charge is 2.11. The van der Waals surface area contributed by atoms with E-state index < -0.39 is 0 Å². The average Bonchev–Trinajstić information content (AvgIpc) is 2.24. The summed E-state index contributed by atoms with van der Waals surface area (Å²) in [4.78, 5) is 4.24. The van der Waals surface area contributed by atoms with Crippen LogP contribution in [0.5, 0.6) is 0 Å². The van der Waals surface area contributed by atoms with Crippen molar-refractivity contribution in [1.29, 1.82) is 0 Å². The first-order valence-corrected chi connectivity index (χ1v) is 6.25. The molecule has 5 heteroatoms. The predicted octanol–water partition coefficient (Wildman–Crippen LogP) is 3.31. The molecule has 0 unspecified atom stereocenters. The van der Waals surface area contributed by atoms with E-state index in [2.05, 4.69) is 31.3 Å². The molecule has 0 radical (unpaired) electrons. The zero-order valence-corrected chi connectivity index (χ0v) is 10.7. The number of nitrogens with zero attached hydrogens (tertiary/aromatic N) is 2. The van der Waals surface area contributed by atoms with Crippen LogP contribution in [-0.4, -0.2) is 23.1 Å². The average molecular weight is 291 g/mol. The van der Waals surface area contributed by atoms with Gasteiger partial charge < -0.3 is 5.43 Å². The van der Waals surface area contributed by atoms with Crippen LogP contribution in [0.1, 0.15) is 19.3 Å². The topological polar surface area (TPSA) is 28.2 Å². The second kappa shape index (κ2) is 5.14. The molecular weight excluding hydrogens is 277 g/mol.